The number of Topliss-reactive ketones (excluding diaryl/α,β-unsaturated/α-hetero) is 1. The molecule has 0 radical (unpaired) electrons. The van der Waals surface area contributed by atoms with Gasteiger partial charge in [0, 0.05) is 37.4 Å². The summed E-state index contributed by atoms with van der Waals surface area (Å²) in [5.74, 6) is 0.278. The van der Waals surface area contributed by atoms with E-state index in [9.17, 15) is 9.59 Å². The first kappa shape index (κ1) is 19.7. The number of aryl methyl sites for hydroxylation is 2. The molecule has 0 bridgehead atoms. The highest BCUT2D eigenvalue weighted by atomic mass is 32.1. The number of amides is 1. The lowest BCUT2D eigenvalue weighted by atomic mass is 9.94. The first-order chi connectivity index (χ1) is 14.0. The molecule has 0 unspecified atom stereocenters. The molecule has 0 atom stereocenters. The Bertz CT molecular complexity index is 976. The minimum Gasteiger partial charge on any atom is -0.491 e. The highest BCUT2D eigenvalue weighted by Gasteiger charge is 2.30. The summed E-state index contributed by atoms with van der Waals surface area (Å²) in [7, 11) is 0. The molecule has 152 valence electrons. The smallest absolute Gasteiger partial charge is 0.259 e. The number of carbonyl (C=O) groups excluding carboxylic acids is 2. The predicted molar refractivity (Wildman–Crippen MR) is 110 cm³/mol. The largest absolute Gasteiger partial charge is 0.491 e. The molecule has 4 rings (SSSR count). The molecule has 1 amide bonds. The molecule has 8 heteroatoms. The van der Waals surface area contributed by atoms with Gasteiger partial charge in [0.1, 0.15) is 16.3 Å². The number of thiazole rings is 1. The van der Waals surface area contributed by atoms with Crippen LogP contribution < -0.4 is 5.32 Å². The molecule has 7 nitrogen and oxygen atoms in total. The monoisotopic (exact) mass is 413 g/mol. The Balaban J connectivity index is 1.61. The zero-order chi connectivity index (χ0) is 20.4. The molecule has 0 spiro atoms. The first-order valence-electron chi connectivity index (χ1n) is 9.73. The van der Waals surface area contributed by atoms with E-state index in [2.05, 4.69) is 15.3 Å². The number of rotatable bonds is 5. The van der Waals surface area contributed by atoms with Crippen molar-refractivity contribution in [2.24, 2.45) is 5.92 Å². The van der Waals surface area contributed by atoms with Gasteiger partial charge in [0.2, 0.25) is 0 Å². The van der Waals surface area contributed by atoms with Crippen LogP contribution >= 0.6 is 11.3 Å². The summed E-state index contributed by atoms with van der Waals surface area (Å²) in [5, 5.41) is 3.20. The third kappa shape index (κ3) is 4.23. The van der Waals surface area contributed by atoms with Crippen LogP contribution in [0, 0.1) is 19.8 Å². The van der Waals surface area contributed by atoms with Crippen LogP contribution in [-0.4, -0.2) is 41.5 Å². The zero-order valence-corrected chi connectivity index (χ0v) is 17.3. The average Bonchev–Trinajstić information content (AvgIpc) is 3.40. The van der Waals surface area contributed by atoms with Crippen LogP contribution in [0.25, 0.3) is 5.76 Å². The molecule has 0 aromatic carbocycles. The van der Waals surface area contributed by atoms with Crippen molar-refractivity contribution in [2.75, 3.05) is 25.1 Å². The lowest BCUT2D eigenvalue weighted by Gasteiger charge is -2.20. The van der Waals surface area contributed by atoms with Gasteiger partial charge in [-0.1, -0.05) is 11.3 Å². The standard InChI is InChI=1S/C21H23N3O4S/c1-12-10-15(11-22-13(12)2)20(26)24-21-23-17(16-4-3-7-28-16)19(29-21)18(25)14-5-8-27-9-6-14/h4,10-11,14H,3,5-9H2,1-2H3,(H,23,24,26). The maximum atomic E-state index is 13.1. The summed E-state index contributed by atoms with van der Waals surface area (Å²) >= 11 is 1.20. The number of ketones is 1. The summed E-state index contributed by atoms with van der Waals surface area (Å²) in [4.78, 5) is 35.1. The van der Waals surface area contributed by atoms with E-state index in [4.69, 9.17) is 9.47 Å². The van der Waals surface area contributed by atoms with Crippen LogP contribution in [0.5, 0.6) is 0 Å². The fourth-order valence-corrected chi connectivity index (χ4v) is 4.36. The zero-order valence-electron chi connectivity index (χ0n) is 16.5. The Kier molecular flexibility index (Phi) is 5.73. The second kappa shape index (κ2) is 8.42. The van der Waals surface area contributed by atoms with Crippen molar-refractivity contribution in [3.05, 3.63) is 45.7 Å². The van der Waals surface area contributed by atoms with E-state index in [0.29, 0.717) is 59.7 Å². The van der Waals surface area contributed by atoms with E-state index in [1.807, 2.05) is 19.9 Å². The summed E-state index contributed by atoms with van der Waals surface area (Å²) in [6.07, 6.45) is 5.67. The van der Waals surface area contributed by atoms with Gasteiger partial charge in [-0.25, -0.2) is 4.98 Å². The summed E-state index contributed by atoms with van der Waals surface area (Å²) in [6.45, 7) is 5.57. The lowest BCUT2D eigenvalue weighted by molar-refractivity contribution is 0.0547. The number of hydrogen-bond acceptors (Lipinski definition) is 7. The molecule has 2 aromatic heterocycles. The van der Waals surface area contributed by atoms with Crippen molar-refractivity contribution >= 4 is 33.9 Å². The molecule has 1 N–H and O–H groups in total. The number of anilines is 1. The second-order valence-electron chi connectivity index (χ2n) is 7.23. The van der Waals surface area contributed by atoms with Crippen molar-refractivity contribution in [3.63, 3.8) is 0 Å². The van der Waals surface area contributed by atoms with Gasteiger partial charge in [-0.05, 0) is 44.4 Å². The summed E-state index contributed by atoms with van der Waals surface area (Å²) < 4.78 is 11.0. The van der Waals surface area contributed by atoms with E-state index >= 15 is 0 Å². The van der Waals surface area contributed by atoms with Gasteiger partial charge >= 0.3 is 0 Å². The number of ether oxygens (including phenoxy) is 2. The Morgan fingerprint density at radius 2 is 2.00 bits per heavy atom. The molecule has 2 aliphatic rings. The Morgan fingerprint density at radius 1 is 1.21 bits per heavy atom. The Labute approximate surface area is 173 Å². The average molecular weight is 413 g/mol. The van der Waals surface area contributed by atoms with Gasteiger partial charge in [0.05, 0.1) is 12.2 Å². The van der Waals surface area contributed by atoms with Crippen LogP contribution in [0.3, 0.4) is 0 Å². The molecular formula is C21H23N3O4S. The molecule has 1 saturated heterocycles. The van der Waals surface area contributed by atoms with E-state index < -0.39 is 0 Å². The third-order valence-electron chi connectivity index (χ3n) is 5.20. The van der Waals surface area contributed by atoms with E-state index in [1.165, 1.54) is 11.3 Å². The SMILES string of the molecule is Cc1cc(C(=O)Nc2nc(C3=CCCO3)c(C(=O)C3CCOCC3)s2)cnc1C. The second-order valence-corrected chi connectivity index (χ2v) is 8.23. The van der Waals surface area contributed by atoms with E-state index in [1.54, 1.807) is 12.3 Å². The van der Waals surface area contributed by atoms with E-state index in [0.717, 1.165) is 17.7 Å². The molecule has 4 heterocycles. The molecule has 2 aromatic rings. The number of nitrogens with zero attached hydrogens (tertiary/aromatic N) is 2. The number of carbonyl (C=O) groups is 2. The van der Waals surface area contributed by atoms with Crippen LogP contribution in [0.15, 0.2) is 18.3 Å². The molecule has 1 fully saturated rings. The minimum absolute atomic E-state index is 0.0468. The number of nitrogens with one attached hydrogen (secondary N) is 1. The number of pyridine rings is 1. The molecular weight excluding hydrogens is 390 g/mol. The normalized spacial score (nSPS) is 17.0. The Morgan fingerprint density at radius 3 is 2.69 bits per heavy atom. The number of hydrogen-bond donors (Lipinski definition) is 1. The molecule has 0 saturated carbocycles. The third-order valence-corrected chi connectivity index (χ3v) is 6.19. The predicted octanol–water partition coefficient (Wildman–Crippen LogP) is 3.78. The van der Waals surface area contributed by atoms with Crippen molar-refractivity contribution in [1.82, 2.24) is 9.97 Å². The van der Waals surface area contributed by atoms with Crippen molar-refractivity contribution in [1.29, 1.82) is 0 Å². The Hall–Kier alpha value is -2.58. The highest BCUT2D eigenvalue weighted by Crippen LogP contribution is 2.34. The van der Waals surface area contributed by atoms with Gasteiger partial charge in [-0.3, -0.25) is 19.9 Å². The first-order valence-corrected chi connectivity index (χ1v) is 10.6. The minimum atomic E-state index is -0.299. The van der Waals surface area contributed by atoms with Crippen molar-refractivity contribution < 1.29 is 19.1 Å². The van der Waals surface area contributed by atoms with Gasteiger partial charge in [0.25, 0.3) is 5.91 Å². The number of aromatic nitrogens is 2. The molecule has 29 heavy (non-hydrogen) atoms. The maximum Gasteiger partial charge on any atom is 0.259 e. The summed E-state index contributed by atoms with van der Waals surface area (Å²) in [5.41, 5.74) is 2.81. The van der Waals surface area contributed by atoms with Crippen molar-refractivity contribution in [3.8, 4) is 0 Å². The van der Waals surface area contributed by atoms with Crippen LogP contribution in [0.2, 0.25) is 0 Å². The van der Waals surface area contributed by atoms with Gasteiger partial charge < -0.3 is 9.47 Å². The van der Waals surface area contributed by atoms with Gasteiger partial charge in [0.15, 0.2) is 10.9 Å². The molecule has 2 aliphatic heterocycles. The lowest BCUT2D eigenvalue weighted by Crippen LogP contribution is -2.23. The van der Waals surface area contributed by atoms with Crippen LogP contribution in [0.4, 0.5) is 5.13 Å². The fourth-order valence-electron chi connectivity index (χ4n) is 3.37. The maximum absolute atomic E-state index is 13.1. The quantitative estimate of drug-likeness (QED) is 0.751. The van der Waals surface area contributed by atoms with Crippen LogP contribution in [0.1, 0.15) is 56.2 Å². The molecule has 0 aliphatic carbocycles. The van der Waals surface area contributed by atoms with Crippen molar-refractivity contribution in [2.45, 2.75) is 33.1 Å². The fraction of sp³-hybridized carbons (Fsp3) is 0.429. The van der Waals surface area contributed by atoms with Crippen LogP contribution in [-0.2, 0) is 9.47 Å². The summed E-state index contributed by atoms with van der Waals surface area (Å²) in [6, 6.07) is 1.79. The highest BCUT2D eigenvalue weighted by molar-refractivity contribution is 7.18. The topological polar surface area (TPSA) is 90.4 Å². The van der Waals surface area contributed by atoms with Gasteiger partial charge in [-0.2, -0.15) is 0 Å². The van der Waals surface area contributed by atoms with Gasteiger partial charge in [-0.15, -0.1) is 0 Å². The van der Waals surface area contributed by atoms with E-state index in [-0.39, 0.29) is 17.6 Å².